The average Bonchev–Trinajstić information content (AvgIpc) is 2.34. The summed E-state index contributed by atoms with van der Waals surface area (Å²) in [5.74, 6) is -3.72. The third kappa shape index (κ3) is 4.06. The largest absolute Gasteiger partial charge is 0.478 e. The van der Waals surface area contributed by atoms with Gasteiger partial charge in [-0.3, -0.25) is 4.89 Å². The van der Waals surface area contributed by atoms with Gasteiger partial charge in [0, 0.05) is 0 Å². The molecule has 0 saturated carbocycles. The van der Waals surface area contributed by atoms with E-state index >= 15 is 0 Å². The van der Waals surface area contributed by atoms with E-state index in [1.807, 2.05) is 0 Å². The average molecular weight is 282 g/mol. The van der Waals surface area contributed by atoms with Gasteiger partial charge in [0.05, 0.1) is 16.7 Å². The molecule has 0 aliphatic carbocycles. The number of carboxylic acid groups (broad SMARTS) is 2. The smallest absolute Gasteiger partial charge is 0.374 e. The molecule has 0 atom stereocenters. The third-order valence-electron chi connectivity index (χ3n) is 2.08. The number of carbonyl (C=O) groups is 3. The highest BCUT2D eigenvalue weighted by Gasteiger charge is 2.23. The molecular weight excluding hydrogens is 268 g/mol. The molecule has 0 radical (unpaired) electrons. The van der Waals surface area contributed by atoms with Crippen LogP contribution in [0.3, 0.4) is 0 Å². The monoisotopic (exact) mass is 282 g/mol. The van der Waals surface area contributed by atoms with Crippen LogP contribution in [0.1, 0.15) is 51.8 Å². The van der Waals surface area contributed by atoms with Gasteiger partial charge in [-0.1, -0.05) is 0 Å². The summed E-state index contributed by atoms with van der Waals surface area (Å²) in [4.78, 5) is 43.0. The van der Waals surface area contributed by atoms with E-state index in [1.54, 1.807) is 20.8 Å². The first kappa shape index (κ1) is 15.6. The number of hydrogen-bond acceptors (Lipinski definition) is 5. The van der Waals surface area contributed by atoms with Crippen molar-refractivity contribution < 1.29 is 34.4 Å². The maximum absolute atomic E-state index is 11.8. The fraction of sp³-hybridized carbons (Fsp3) is 0.308. The second-order valence-electron chi connectivity index (χ2n) is 4.94. The summed E-state index contributed by atoms with van der Waals surface area (Å²) in [6.45, 7) is 4.89. The van der Waals surface area contributed by atoms with Gasteiger partial charge >= 0.3 is 17.9 Å². The van der Waals surface area contributed by atoms with Crippen molar-refractivity contribution in [1.29, 1.82) is 0 Å². The number of rotatable bonds is 4. The lowest BCUT2D eigenvalue weighted by Gasteiger charge is -2.17. The van der Waals surface area contributed by atoms with E-state index in [2.05, 4.69) is 4.89 Å². The summed E-state index contributed by atoms with van der Waals surface area (Å²) in [5.41, 5.74) is -1.75. The molecule has 0 fully saturated rings. The zero-order chi connectivity index (χ0) is 15.5. The first-order chi connectivity index (χ1) is 9.11. The van der Waals surface area contributed by atoms with Crippen LogP contribution < -0.4 is 0 Å². The molecule has 0 heterocycles. The summed E-state index contributed by atoms with van der Waals surface area (Å²) in [7, 11) is 0. The van der Waals surface area contributed by atoms with Crippen LogP contribution in [0, 0.1) is 0 Å². The van der Waals surface area contributed by atoms with E-state index < -0.39 is 23.5 Å². The molecule has 0 unspecified atom stereocenters. The van der Waals surface area contributed by atoms with Crippen molar-refractivity contribution in [3.8, 4) is 0 Å². The van der Waals surface area contributed by atoms with Crippen LogP contribution >= 0.6 is 0 Å². The van der Waals surface area contributed by atoms with Gasteiger partial charge in [0.1, 0.15) is 5.60 Å². The Morgan fingerprint density at radius 3 is 2.05 bits per heavy atom. The minimum absolute atomic E-state index is 0.224. The quantitative estimate of drug-likeness (QED) is 0.641. The van der Waals surface area contributed by atoms with Gasteiger partial charge in [0.25, 0.3) is 0 Å². The molecule has 1 aromatic rings. The van der Waals surface area contributed by atoms with Gasteiger partial charge < -0.3 is 10.2 Å². The highest BCUT2D eigenvalue weighted by Crippen LogP contribution is 2.16. The van der Waals surface area contributed by atoms with Crippen LogP contribution in [-0.4, -0.2) is 33.7 Å². The highest BCUT2D eigenvalue weighted by molar-refractivity contribution is 6.04. The Hall–Kier alpha value is -2.41. The number of carbonyl (C=O) groups excluding carboxylic acids is 1. The summed E-state index contributed by atoms with van der Waals surface area (Å²) < 4.78 is 0. The maximum Gasteiger partial charge on any atom is 0.374 e. The molecule has 2 N–H and O–H groups in total. The van der Waals surface area contributed by atoms with E-state index in [9.17, 15) is 14.4 Å². The Labute approximate surface area is 114 Å². The van der Waals surface area contributed by atoms with Crippen molar-refractivity contribution in [2.75, 3.05) is 0 Å². The van der Waals surface area contributed by atoms with Crippen LogP contribution in [0.5, 0.6) is 0 Å². The minimum atomic E-state index is -1.37. The Bertz CT molecular complexity index is 554. The predicted octanol–water partition coefficient (Wildman–Crippen LogP) is 1.97. The Balaban J connectivity index is 3.12. The zero-order valence-corrected chi connectivity index (χ0v) is 11.2. The molecule has 1 aromatic carbocycles. The van der Waals surface area contributed by atoms with Crippen molar-refractivity contribution >= 4 is 17.9 Å². The first-order valence-electron chi connectivity index (χ1n) is 5.62. The van der Waals surface area contributed by atoms with Gasteiger partial charge in [0.15, 0.2) is 0 Å². The normalized spacial score (nSPS) is 10.9. The molecule has 0 saturated heterocycles. The van der Waals surface area contributed by atoms with E-state index in [4.69, 9.17) is 15.1 Å². The number of carboxylic acids is 2. The van der Waals surface area contributed by atoms with Crippen molar-refractivity contribution in [2.45, 2.75) is 26.4 Å². The molecule has 20 heavy (non-hydrogen) atoms. The van der Waals surface area contributed by atoms with Gasteiger partial charge in [-0.25, -0.2) is 14.4 Å². The van der Waals surface area contributed by atoms with Gasteiger partial charge in [-0.15, -0.1) is 0 Å². The molecule has 0 aromatic heterocycles. The molecular formula is C13H14O7. The molecule has 7 heteroatoms. The molecule has 0 bridgehead atoms. The minimum Gasteiger partial charge on any atom is -0.478 e. The number of aromatic carboxylic acids is 2. The molecule has 7 nitrogen and oxygen atoms in total. The first-order valence-corrected chi connectivity index (χ1v) is 5.62. The van der Waals surface area contributed by atoms with Crippen molar-refractivity contribution in [2.24, 2.45) is 0 Å². The summed E-state index contributed by atoms with van der Waals surface area (Å²) >= 11 is 0. The molecule has 1 rings (SSSR count). The van der Waals surface area contributed by atoms with Crippen LogP contribution in [0.4, 0.5) is 0 Å². The molecule has 0 spiro atoms. The second-order valence-corrected chi connectivity index (χ2v) is 4.94. The lowest BCUT2D eigenvalue weighted by molar-refractivity contribution is -0.301. The SMILES string of the molecule is CC(C)(C)OOC(=O)c1cc(C(=O)O)ccc1C(=O)O. The van der Waals surface area contributed by atoms with E-state index in [0.29, 0.717) is 0 Å². The topological polar surface area (TPSA) is 110 Å². The Kier molecular flexibility index (Phi) is 4.46. The maximum atomic E-state index is 11.8. The fourth-order valence-corrected chi connectivity index (χ4v) is 1.24. The molecule has 0 aliphatic rings. The second kappa shape index (κ2) is 5.70. The van der Waals surface area contributed by atoms with Crippen LogP contribution in [0.25, 0.3) is 0 Å². The standard InChI is InChI=1S/C13H14O7/c1-13(2,3)20-19-12(18)9-6-7(10(14)15)4-5-8(9)11(16)17/h4-6H,1-3H3,(H,14,15)(H,16,17). The summed E-state index contributed by atoms with van der Waals surface area (Å²) in [6, 6.07) is 3.05. The number of benzene rings is 1. The van der Waals surface area contributed by atoms with E-state index in [0.717, 1.165) is 18.2 Å². The van der Waals surface area contributed by atoms with Crippen LogP contribution in [0.15, 0.2) is 18.2 Å². The van der Waals surface area contributed by atoms with Crippen molar-refractivity contribution in [1.82, 2.24) is 0 Å². The lowest BCUT2D eigenvalue weighted by atomic mass is 10.0. The summed E-state index contributed by atoms with van der Waals surface area (Å²) in [6.07, 6.45) is 0. The van der Waals surface area contributed by atoms with Crippen LogP contribution in [-0.2, 0) is 9.78 Å². The predicted molar refractivity (Wildman–Crippen MR) is 66.6 cm³/mol. The van der Waals surface area contributed by atoms with Crippen molar-refractivity contribution in [3.63, 3.8) is 0 Å². The Morgan fingerprint density at radius 2 is 1.60 bits per heavy atom. The summed E-state index contributed by atoms with van der Waals surface area (Å²) in [5, 5.41) is 17.8. The third-order valence-corrected chi connectivity index (χ3v) is 2.08. The van der Waals surface area contributed by atoms with Gasteiger partial charge in [-0.05, 0) is 39.0 Å². The fourth-order valence-electron chi connectivity index (χ4n) is 1.24. The van der Waals surface area contributed by atoms with Crippen molar-refractivity contribution in [3.05, 3.63) is 34.9 Å². The number of hydrogen-bond donors (Lipinski definition) is 2. The molecule has 108 valence electrons. The molecule has 0 amide bonds. The van der Waals surface area contributed by atoms with E-state index in [1.165, 1.54) is 0 Å². The van der Waals surface area contributed by atoms with Gasteiger partial charge in [0.2, 0.25) is 0 Å². The highest BCUT2D eigenvalue weighted by atomic mass is 17.2. The lowest BCUT2D eigenvalue weighted by Crippen LogP contribution is -2.23. The van der Waals surface area contributed by atoms with E-state index in [-0.39, 0.29) is 16.7 Å². The Morgan fingerprint density at radius 1 is 1.00 bits per heavy atom. The van der Waals surface area contributed by atoms with Crippen LogP contribution in [0.2, 0.25) is 0 Å². The zero-order valence-electron chi connectivity index (χ0n) is 11.2. The molecule has 0 aliphatic heterocycles. The van der Waals surface area contributed by atoms with Gasteiger partial charge in [-0.2, -0.15) is 4.89 Å².